The van der Waals surface area contributed by atoms with Crippen LogP contribution in [0.3, 0.4) is 0 Å². The second-order valence-electron chi connectivity index (χ2n) is 8.04. The molecule has 1 aromatic rings. The second kappa shape index (κ2) is 11.3. The predicted octanol–water partition coefficient (Wildman–Crippen LogP) is 2.36. The third-order valence-corrected chi connectivity index (χ3v) is 5.67. The number of carbonyl (C=O) groups is 2. The van der Waals surface area contributed by atoms with E-state index in [0.29, 0.717) is 37.8 Å². The van der Waals surface area contributed by atoms with E-state index < -0.39 is 12.6 Å². The van der Waals surface area contributed by atoms with Gasteiger partial charge >= 0.3 is 5.97 Å². The van der Waals surface area contributed by atoms with Crippen LogP contribution in [0.1, 0.15) is 43.1 Å². The van der Waals surface area contributed by atoms with E-state index in [1.165, 1.54) is 0 Å². The van der Waals surface area contributed by atoms with Crippen molar-refractivity contribution in [3.05, 3.63) is 17.8 Å². The monoisotopic (exact) mass is 437 g/mol. The molecule has 31 heavy (non-hydrogen) atoms. The van der Waals surface area contributed by atoms with Gasteiger partial charge in [-0.1, -0.05) is 6.92 Å². The summed E-state index contributed by atoms with van der Waals surface area (Å²) in [7, 11) is 1.70. The Hall–Kier alpha value is -2.42. The third-order valence-electron chi connectivity index (χ3n) is 5.67. The fourth-order valence-electron chi connectivity index (χ4n) is 3.37. The Bertz CT molecular complexity index is 753. The van der Waals surface area contributed by atoms with Crippen LogP contribution in [0.5, 0.6) is 5.88 Å². The van der Waals surface area contributed by atoms with Gasteiger partial charge in [-0.2, -0.15) is 0 Å². The maximum Gasteiger partial charge on any atom is 0.309 e. The van der Waals surface area contributed by atoms with Crippen LogP contribution in [0, 0.1) is 11.8 Å². The number of ether oxygens (including phenoxy) is 3. The summed E-state index contributed by atoms with van der Waals surface area (Å²) in [5.41, 5.74) is 1.14. The largest absolute Gasteiger partial charge is 0.476 e. The number of halogens is 1. The number of methoxy groups -OCH3 is 1. The van der Waals surface area contributed by atoms with Gasteiger partial charge in [0.1, 0.15) is 24.7 Å². The molecule has 0 spiro atoms. The lowest BCUT2D eigenvalue weighted by atomic mass is 10.0. The number of carbonyl (C=O) groups excluding carboxylic acids is 2. The molecule has 8 nitrogen and oxygen atoms in total. The van der Waals surface area contributed by atoms with E-state index in [-0.39, 0.29) is 30.2 Å². The molecule has 2 aliphatic rings. The number of amides is 1. The standard InChI is InChI=1S/C22H32FN3O5/c1-3-16(22(28)30-11-9-23)8-10-24-20(27)18-6-7-19(26-12-17(13-26)29-2)21(25-18)31-14-15-4-5-15/h6-7,15-17H,3-5,8-14H2,1-2H3,(H,24,27). The molecule has 2 heterocycles. The number of rotatable bonds is 13. The number of alkyl halides is 1. The summed E-state index contributed by atoms with van der Waals surface area (Å²) in [4.78, 5) is 31.1. The molecule has 1 saturated heterocycles. The molecular weight excluding hydrogens is 405 g/mol. The summed E-state index contributed by atoms with van der Waals surface area (Å²) >= 11 is 0. The average molecular weight is 438 g/mol. The van der Waals surface area contributed by atoms with Crippen LogP contribution in [0.25, 0.3) is 0 Å². The van der Waals surface area contributed by atoms with Crippen LogP contribution in [-0.4, -0.2) is 69.6 Å². The lowest BCUT2D eigenvalue weighted by molar-refractivity contribution is -0.149. The molecule has 2 fully saturated rings. The predicted molar refractivity (Wildman–Crippen MR) is 113 cm³/mol. The summed E-state index contributed by atoms with van der Waals surface area (Å²) in [6, 6.07) is 3.54. The maximum atomic E-state index is 12.6. The lowest BCUT2D eigenvalue weighted by Crippen LogP contribution is -2.52. The number of pyridine rings is 1. The first kappa shape index (κ1) is 23.2. The minimum atomic E-state index is -0.699. The van der Waals surface area contributed by atoms with Crippen LogP contribution in [0.2, 0.25) is 0 Å². The van der Waals surface area contributed by atoms with Crippen molar-refractivity contribution in [2.75, 3.05) is 51.5 Å². The number of aromatic nitrogens is 1. The van der Waals surface area contributed by atoms with Gasteiger partial charge in [0.15, 0.2) is 0 Å². The average Bonchev–Trinajstić information content (AvgIpc) is 3.57. The molecule has 1 aliphatic carbocycles. The first-order valence-corrected chi connectivity index (χ1v) is 11.0. The Morgan fingerprint density at radius 1 is 1.32 bits per heavy atom. The minimum absolute atomic E-state index is 0.197. The van der Waals surface area contributed by atoms with Gasteiger partial charge in [0.05, 0.1) is 18.6 Å². The van der Waals surface area contributed by atoms with Crippen molar-refractivity contribution in [3.8, 4) is 5.88 Å². The van der Waals surface area contributed by atoms with Crippen molar-refractivity contribution >= 4 is 17.6 Å². The van der Waals surface area contributed by atoms with Crippen LogP contribution < -0.4 is 15.0 Å². The van der Waals surface area contributed by atoms with Crippen molar-refractivity contribution in [2.24, 2.45) is 11.8 Å². The highest BCUT2D eigenvalue weighted by molar-refractivity contribution is 5.92. The Kier molecular flexibility index (Phi) is 8.45. The van der Waals surface area contributed by atoms with E-state index in [4.69, 9.17) is 14.2 Å². The molecular formula is C22H32FN3O5. The molecule has 1 saturated carbocycles. The zero-order chi connectivity index (χ0) is 22.2. The van der Waals surface area contributed by atoms with Gasteiger partial charge in [-0.05, 0) is 43.7 Å². The highest BCUT2D eigenvalue weighted by Gasteiger charge is 2.31. The summed E-state index contributed by atoms with van der Waals surface area (Å²) in [6.07, 6.45) is 3.50. The van der Waals surface area contributed by atoms with Gasteiger partial charge in [-0.25, -0.2) is 9.37 Å². The van der Waals surface area contributed by atoms with Crippen LogP contribution >= 0.6 is 0 Å². The zero-order valence-electron chi connectivity index (χ0n) is 18.3. The van der Waals surface area contributed by atoms with Crippen LogP contribution in [0.4, 0.5) is 10.1 Å². The fourth-order valence-corrected chi connectivity index (χ4v) is 3.37. The minimum Gasteiger partial charge on any atom is -0.476 e. The maximum absolute atomic E-state index is 12.6. The van der Waals surface area contributed by atoms with Gasteiger partial charge in [-0.15, -0.1) is 0 Å². The molecule has 0 aromatic carbocycles. The Morgan fingerprint density at radius 3 is 2.74 bits per heavy atom. The van der Waals surface area contributed by atoms with Crippen molar-refractivity contribution in [1.82, 2.24) is 10.3 Å². The first-order valence-electron chi connectivity index (χ1n) is 11.0. The third kappa shape index (κ3) is 6.53. The molecule has 1 unspecified atom stereocenters. The van der Waals surface area contributed by atoms with E-state index >= 15 is 0 Å². The van der Waals surface area contributed by atoms with Gasteiger partial charge in [0, 0.05) is 26.7 Å². The fraction of sp³-hybridized carbons (Fsp3) is 0.682. The topological polar surface area (TPSA) is 90.0 Å². The summed E-state index contributed by atoms with van der Waals surface area (Å²) < 4.78 is 28.3. The number of esters is 1. The quantitative estimate of drug-likeness (QED) is 0.474. The molecule has 1 atom stereocenters. The van der Waals surface area contributed by atoms with Gasteiger partial charge in [-0.3, -0.25) is 9.59 Å². The number of hydrogen-bond donors (Lipinski definition) is 1. The molecule has 3 rings (SSSR count). The number of anilines is 1. The SMILES string of the molecule is CCC(CCNC(=O)c1ccc(N2CC(OC)C2)c(OCC2CC2)n1)C(=O)OCCF. The van der Waals surface area contributed by atoms with E-state index in [0.717, 1.165) is 31.6 Å². The molecule has 0 bridgehead atoms. The lowest BCUT2D eigenvalue weighted by Gasteiger charge is -2.40. The molecule has 1 N–H and O–H groups in total. The number of hydrogen-bond acceptors (Lipinski definition) is 7. The smallest absolute Gasteiger partial charge is 0.309 e. The van der Waals surface area contributed by atoms with Gasteiger partial charge in [0.2, 0.25) is 5.88 Å². The van der Waals surface area contributed by atoms with Crippen LogP contribution in [0.15, 0.2) is 12.1 Å². The Morgan fingerprint density at radius 2 is 2.10 bits per heavy atom. The van der Waals surface area contributed by atoms with E-state index in [1.54, 1.807) is 13.2 Å². The van der Waals surface area contributed by atoms with Gasteiger partial charge in [0.25, 0.3) is 5.91 Å². The Balaban J connectivity index is 1.57. The van der Waals surface area contributed by atoms with Crippen molar-refractivity contribution in [3.63, 3.8) is 0 Å². The summed E-state index contributed by atoms with van der Waals surface area (Å²) in [5, 5.41) is 2.80. The van der Waals surface area contributed by atoms with Crippen molar-refractivity contribution in [2.45, 2.75) is 38.7 Å². The summed E-state index contributed by atoms with van der Waals surface area (Å²) in [5.74, 6) is -0.0989. The number of nitrogens with one attached hydrogen (secondary N) is 1. The first-order chi connectivity index (χ1) is 15.0. The highest BCUT2D eigenvalue weighted by Crippen LogP contribution is 2.34. The molecule has 172 valence electrons. The molecule has 1 aliphatic heterocycles. The zero-order valence-corrected chi connectivity index (χ0v) is 18.3. The normalized spacial score (nSPS) is 17.1. The molecule has 0 radical (unpaired) electrons. The van der Waals surface area contributed by atoms with Crippen molar-refractivity contribution in [1.29, 1.82) is 0 Å². The van der Waals surface area contributed by atoms with Crippen molar-refractivity contribution < 1.29 is 28.2 Å². The van der Waals surface area contributed by atoms with Crippen LogP contribution in [-0.2, 0) is 14.3 Å². The van der Waals surface area contributed by atoms with Gasteiger partial charge < -0.3 is 24.4 Å². The summed E-state index contributed by atoms with van der Waals surface area (Å²) in [6.45, 7) is 3.36. The second-order valence-corrected chi connectivity index (χ2v) is 8.04. The van der Waals surface area contributed by atoms with E-state index in [9.17, 15) is 14.0 Å². The van der Waals surface area contributed by atoms with E-state index in [2.05, 4.69) is 15.2 Å². The van der Waals surface area contributed by atoms with E-state index in [1.807, 2.05) is 13.0 Å². The molecule has 1 amide bonds. The number of nitrogens with zero attached hydrogens (tertiary/aromatic N) is 2. The Labute approximate surface area is 182 Å². The molecule has 9 heteroatoms. The highest BCUT2D eigenvalue weighted by atomic mass is 19.1. The molecule has 1 aromatic heterocycles.